The lowest BCUT2D eigenvalue weighted by Gasteiger charge is -2.21. The highest BCUT2D eigenvalue weighted by Gasteiger charge is 2.26. The molecule has 1 aliphatic heterocycles. The number of nitrogens with zero attached hydrogens (tertiary/aromatic N) is 1. The van der Waals surface area contributed by atoms with Crippen LogP contribution in [0.15, 0.2) is 18.2 Å². The van der Waals surface area contributed by atoms with E-state index < -0.39 is 0 Å². The van der Waals surface area contributed by atoms with E-state index in [-0.39, 0.29) is 18.6 Å². The Morgan fingerprint density at radius 3 is 3.06 bits per heavy atom. The number of hydrogen-bond acceptors (Lipinski definition) is 3. The number of benzene rings is 1. The zero-order valence-electron chi connectivity index (χ0n) is 10.2. The van der Waals surface area contributed by atoms with Crippen LogP contribution < -0.4 is 4.74 Å². The van der Waals surface area contributed by atoms with Crippen molar-refractivity contribution in [3.63, 3.8) is 0 Å². The molecule has 5 heteroatoms. The Morgan fingerprint density at radius 1 is 1.56 bits per heavy atom. The second kappa shape index (κ2) is 5.88. The summed E-state index contributed by atoms with van der Waals surface area (Å²) in [6.07, 6.45) is 0.562. The zero-order chi connectivity index (χ0) is 13.1. The molecule has 0 aliphatic carbocycles. The van der Waals surface area contributed by atoms with Gasteiger partial charge in [-0.1, -0.05) is 0 Å². The quantitative estimate of drug-likeness (QED) is 0.837. The highest BCUT2D eigenvalue weighted by Crippen LogP contribution is 2.26. The number of aliphatic hydroxyl groups excluding tert-OH is 1. The van der Waals surface area contributed by atoms with E-state index in [0.29, 0.717) is 30.8 Å². The third-order valence-electron chi connectivity index (χ3n) is 2.85. The number of hydrogen-bond donors (Lipinski definition) is 1. The Bertz CT molecular complexity index is 450. The van der Waals surface area contributed by atoms with Gasteiger partial charge in [-0.05, 0) is 54.1 Å². The summed E-state index contributed by atoms with van der Waals surface area (Å²) in [5.74, 6) is 0.640. The van der Waals surface area contributed by atoms with Gasteiger partial charge in [-0.3, -0.25) is 4.79 Å². The highest BCUT2D eigenvalue weighted by molar-refractivity contribution is 14.1. The minimum atomic E-state index is -0.0334. The molecule has 0 saturated heterocycles. The Labute approximate surface area is 120 Å². The Balaban J connectivity index is 2.31. The van der Waals surface area contributed by atoms with Crippen LogP contribution in [-0.4, -0.2) is 41.7 Å². The predicted molar refractivity (Wildman–Crippen MR) is 76.9 cm³/mol. The number of carbonyl (C=O) groups is 1. The molecule has 0 spiro atoms. The average Bonchev–Trinajstić information content (AvgIpc) is 2.46. The first-order valence-electron chi connectivity index (χ1n) is 5.98. The summed E-state index contributed by atoms with van der Waals surface area (Å²) in [5, 5.41) is 8.89. The minimum absolute atomic E-state index is 0.0127. The molecule has 0 fully saturated rings. The minimum Gasteiger partial charge on any atom is -0.488 e. The molecule has 4 nitrogen and oxygen atoms in total. The topological polar surface area (TPSA) is 49.8 Å². The standard InChI is InChI=1S/C13H16INO3/c1-9-8-15(5-2-6-16)13(17)11-7-10(14)3-4-12(11)18-9/h3-4,7,9,16H,2,5-6,8H2,1H3. The molecule has 1 aliphatic rings. The van der Waals surface area contributed by atoms with Gasteiger partial charge in [0.05, 0.1) is 12.1 Å². The van der Waals surface area contributed by atoms with Crippen LogP contribution in [0.1, 0.15) is 23.7 Å². The first-order chi connectivity index (χ1) is 8.61. The van der Waals surface area contributed by atoms with Crippen LogP contribution in [0.25, 0.3) is 0 Å². The Kier molecular flexibility index (Phi) is 4.45. The fourth-order valence-corrected chi connectivity index (χ4v) is 2.54. The predicted octanol–water partition coefficient (Wildman–Crippen LogP) is 1.90. The summed E-state index contributed by atoms with van der Waals surface area (Å²) in [6.45, 7) is 3.17. The van der Waals surface area contributed by atoms with Crippen molar-refractivity contribution < 1.29 is 14.6 Å². The van der Waals surface area contributed by atoms with Gasteiger partial charge in [-0.15, -0.1) is 0 Å². The van der Waals surface area contributed by atoms with Gasteiger partial charge in [-0.25, -0.2) is 0 Å². The fraction of sp³-hybridized carbons (Fsp3) is 0.462. The second-order valence-corrected chi connectivity index (χ2v) is 5.64. The molecule has 1 N–H and O–H groups in total. The molecule has 98 valence electrons. The van der Waals surface area contributed by atoms with Gasteiger partial charge in [0.2, 0.25) is 0 Å². The molecule has 18 heavy (non-hydrogen) atoms. The lowest BCUT2D eigenvalue weighted by molar-refractivity contribution is 0.0709. The van der Waals surface area contributed by atoms with E-state index >= 15 is 0 Å². The van der Waals surface area contributed by atoms with Crippen molar-refractivity contribution in [2.75, 3.05) is 19.7 Å². The van der Waals surface area contributed by atoms with E-state index in [9.17, 15) is 4.79 Å². The monoisotopic (exact) mass is 361 g/mol. The van der Waals surface area contributed by atoms with Crippen molar-refractivity contribution in [3.05, 3.63) is 27.3 Å². The first-order valence-corrected chi connectivity index (χ1v) is 7.06. The Hall–Kier alpha value is -0.820. The number of halogens is 1. The van der Waals surface area contributed by atoms with Crippen molar-refractivity contribution >= 4 is 28.5 Å². The molecular formula is C13H16INO3. The number of rotatable bonds is 3. The van der Waals surface area contributed by atoms with E-state index in [2.05, 4.69) is 22.6 Å². The lowest BCUT2D eigenvalue weighted by atomic mass is 10.2. The molecule has 1 atom stereocenters. The molecule has 2 rings (SSSR count). The molecule has 0 saturated carbocycles. The number of fused-ring (bicyclic) bond motifs is 1. The van der Waals surface area contributed by atoms with Crippen molar-refractivity contribution in [2.45, 2.75) is 19.4 Å². The van der Waals surface area contributed by atoms with Crippen LogP contribution in [0.5, 0.6) is 5.75 Å². The first kappa shape index (κ1) is 13.6. The SMILES string of the molecule is CC1CN(CCCO)C(=O)c2cc(I)ccc2O1. The van der Waals surface area contributed by atoms with Crippen LogP contribution >= 0.6 is 22.6 Å². The Morgan fingerprint density at radius 2 is 2.33 bits per heavy atom. The molecule has 0 radical (unpaired) electrons. The van der Waals surface area contributed by atoms with Crippen molar-refractivity contribution in [1.82, 2.24) is 4.90 Å². The van der Waals surface area contributed by atoms with Gasteiger partial charge in [0.1, 0.15) is 11.9 Å². The number of carbonyl (C=O) groups excluding carboxylic acids is 1. The molecule has 1 heterocycles. The summed E-state index contributed by atoms with van der Waals surface area (Å²) in [4.78, 5) is 14.2. The molecule has 1 amide bonds. The van der Waals surface area contributed by atoms with Gasteiger partial charge in [0.25, 0.3) is 5.91 Å². The van der Waals surface area contributed by atoms with E-state index in [0.717, 1.165) is 3.57 Å². The number of amides is 1. The summed E-state index contributed by atoms with van der Waals surface area (Å²) in [5.41, 5.74) is 0.615. The van der Waals surface area contributed by atoms with E-state index in [1.165, 1.54) is 0 Å². The van der Waals surface area contributed by atoms with Crippen molar-refractivity contribution in [3.8, 4) is 5.75 Å². The summed E-state index contributed by atoms with van der Waals surface area (Å²) in [6, 6.07) is 5.63. The van der Waals surface area contributed by atoms with Gasteiger partial charge in [0, 0.05) is 16.7 Å². The van der Waals surface area contributed by atoms with E-state index in [4.69, 9.17) is 9.84 Å². The molecular weight excluding hydrogens is 345 g/mol. The highest BCUT2D eigenvalue weighted by atomic mass is 127. The van der Waals surface area contributed by atoms with Gasteiger partial charge < -0.3 is 14.7 Å². The molecule has 1 unspecified atom stereocenters. The fourth-order valence-electron chi connectivity index (χ4n) is 2.04. The van der Waals surface area contributed by atoms with Crippen LogP contribution in [-0.2, 0) is 0 Å². The van der Waals surface area contributed by atoms with Crippen LogP contribution in [0.4, 0.5) is 0 Å². The van der Waals surface area contributed by atoms with Gasteiger partial charge in [0.15, 0.2) is 0 Å². The normalized spacial score (nSPS) is 19.2. The maximum atomic E-state index is 12.4. The second-order valence-electron chi connectivity index (χ2n) is 4.40. The smallest absolute Gasteiger partial charge is 0.257 e. The summed E-state index contributed by atoms with van der Waals surface area (Å²) in [7, 11) is 0. The molecule has 1 aromatic carbocycles. The van der Waals surface area contributed by atoms with Crippen LogP contribution in [0, 0.1) is 3.57 Å². The van der Waals surface area contributed by atoms with Crippen LogP contribution in [0.2, 0.25) is 0 Å². The zero-order valence-corrected chi connectivity index (χ0v) is 12.4. The van der Waals surface area contributed by atoms with Gasteiger partial charge in [-0.2, -0.15) is 0 Å². The lowest BCUT2D eigenvalue weighted by Crippen LogP contribution is -2.36. The summed E-state index contributed by atoms with van der Waals surface area (Å²) >= 11 is 2.18. The molecule has 0 bridgehead atoms. The maximum Gasteiger partial charge on any atom is 0.257 e. The largest absolute Gasteiger partial charge is 0.488 e. The maximum absolute atomic E-state index is 12.4. The number of ether oxygens (including phenoxy) is 1. The number of aliphatic hydroxyl groups is 1. The molecule has 1 aromatic rings. The van der Waals surface area contributed by atoms with Crippen molar-refractivity contribution in [1.29, 1.82) is 0 Å². The van der Waals surface area contributed by atoms with Crippen molar-refractivity contribution in [2.24, 2.45) is 0 Å². The van der Waals surface area contributed by atoms with E-state index in [1.807, 2.05) is 25.1 Å². The van der Waals surface area contributed by atoms with Gasteiger partial charge >= 0.3 is 0 Å². The van der Waals surface area contributed by atoms with E-state index in [1.54, 1.807) is 4.90 Å². The third kappa shape index (κ3) is 2.95. The molecule has 0 aromatic heterocycles. The average molecular weight is 361 g/mol. The third-order valence-corrected chi connectivity index (χ3v) is 3.52. The van der Waals surface area contributed by atoms with Crippen LogP contribution in [0.3, 0.4) is 0 Å². The summed E-state index contributed by atoms with van der Waals surface area (Å²) < 4.78 is 6.78.